The van der Waals surface area contributed by atoms with E-state index in [0.29, 0.717) is 5.92 Å². The Morgan fingerprint density at radius 3 is 2.79 bits per heavy atom. The van der Waals surface area contributed by atoms with Gasteiger partial charge < -0.3 is 0 Å². The lowest BCUT2D eigenvalue weighted by Crippen LogP contribution is -1.88. The van der Waals surface area contributed by atoms with E-state index in [1.165, 1.54) is 10.9 Å². The van der Waals surface area contributed by atoms with Crippen LogP contribution in [0.15, 0.2) is 23.6 Å². The Morgan fingerprint density at radius 1 is 1.36 bits per heavy atom. The van der Waals surface area contributed by atoms with Gasteiger partial charge in [0.1, 0.15) is 6.07 Å². The summed E-state index contributed by atoms with van der Waals surface area (Å²) < 4.78 is 1.11. The Balaban J connectivity index is 2.75. The number of benzene rings is 1. The Hall–Kier alpha value is -1.33. The molecule has 2 aromatic rings. The average Bonchev–Trinajstić information content (AvgIpc) is 2.63. The van der Waals surface area contributed by atoms with Gasteiger partial charge in [0.05, 0.1) is 10.3 Å². The predicted octanol–water partition coefficient (Wildman–Crippen LogP) is 3.90. The van der Waals surface area contributed by atoms with Gasteiger partial charge in [0.15, 0.2) is 0 Å². The van der Waals surface area contributed by atoms with Crippen LogP contribution in [-0.2, 0) is 0 Å². The highest BCUT2D eigenvalue weighted by molar-refractivity contribution is 7.17. The summed E-state index contributed by atoms with van der Waals surface area (Å²) in [7, 11) is 0. The smallest absolute Gasteiger partial charge is 0.101 e. The van der Waals surface area contributed by atoms with E-state index in [2.05, 4.69) is 32.0 Å². The molecule has 0 aliphatic heterocycles. The number of hydrogen-bond acceptors (Lipinski definition) is 2. The van der Waals surface area contributed by atoms with Crippen molar-refractivity contribution in [3.8, 4) is 6.07 Å². The summed E-state index contributed by atoms with van der Waals surface area (Å²) >= 11 is 1.64. The normalized spacial score (nSPS) is 10.7. The summed E-state index contributed by atoms with van der Waals surface area (Å²) in [5.74, 6) is 0.478. The van der Waals surface area contributed by atoms with Crippen molar-refractivity contribution in [3.05, 3.63) is 34.7 Å². The number of hydrogen-bond donors (Lipinski definition) is 0. The minimum Gasteiger partial charge on any atom is -0.192 e. The van der Waals surface area contributed by atoms with E-state index in [1.54, 1.807) is 11.3 Å². The van der Waals surface area contributed by atoms with E-state index in [0.717, 1.165) is 10.3 Å². The lowest BCUT2D eigenvalue weighted by molar-refractivity contribution is 0.868. The minimum atomic E-state index is 0.478. The Bertz CT molecular complexity index is 503. The van der Waals surface area contributed by atoms with E-state index in [4.69, 9.17) is 5.26 Å². The van der Waals surface area contributed by atoms with Crippen molar-refractivity contribution in [1.82, 2.24) is 0 Å². The first-order chi connectivity index (χ1) is 6.72. The molecule has 1 aromatic heterocycles. The van der Waals surface area contributed by atoms with Gasteiger partial charge in [-0.3, -0.25) is 0 Å². The van der Waals surface area contributed by atoms with Crippen LogP contribution in [-0.4, -0.2) is 0 Å². The molecule has 0 amide bonds. The zero-order chi connectivity index (χ0) is 10.1. The van der Waals surface area contributed by atoms with Crippen molar-refractivity contribution < 1.29 is 0 Å². The summed E-state index contributed by atoms with van der Waals surface area (Å²) in [5.41, 5.74) is 2.05. The molecular weight excluding hydrogens is 190 g/mol. The summed E-state index contributed by atoms with van der Waals surface area (Å²) in [6.07, 6.45) is 0. The van der Waals surface area contributed by atoms with Crippen LogP contribution in [0, 0.1) is 11.3 Å². The van der Waals surface area contributed by atoms with Crippen LogP contribution in [0.5, 0.6) is 0 Å². The van der Waals surface area contributed by atoms with Crippen molar-refractivity contribution in [1.29, 1.82) is 5.26 Å². The lowest BCUT2D eigenvalue weighted by atomic mass is 9.99. The molecule has 2 rings (SSSR count). The second kappa shape index (κ2) is 3.43. The highest BCUT2D eigenvalue weighted by Crippen LogP contribution is 2.28. The molecule has 0 atom stereocenters. The molecule has 0 bridgehead atoms. The van der Waals surface area contributed by atoms with Crippen LogP contribution in [0.25, 0.3) is 10.1 Å². The van der Waals surface area contributed by atoms with Gasteiger partial charge in [-0.25, -0.2) is 0 Å². The molecule has 0 N–H and O–H groups in total. The maximum Gasteiger partial charge on any atom is 0.101 e. The predicted molar refractivity (Wildman–Crippen MR) is 60.6 cm³/mol. The molecule has 70 valence electrons. The number of fused-ring (bicyclic) bond motifs is 1. The third-order valence-electron chi connectivity index (χ3n) is 2.36. The first-order valence-electron chi connectivity index (χ1n) is 4.63. The zero-order valence-corrected chi connectivity index (χ0v) is 9.06. The molecule has 0 aliphatic carbocycles. The van der Waals surface area contributed by atoms with Crippen molar-refractivity contribution in [2.24, 2.45) is 0 Å². The average molecular weight is 201 g/mol. The van der Waals surface area contributed by atoms with Gasteiger partial charge in [-0.1, -0.05) is 13.8 Å². The molecule has 1 aromatic carbocycles. The lowest BCUT2D eigenvalue weighted by Gasteiger charge is -2.05. The third-order valence-corrected chi connectivity index (χ3v) is 3.32. The second-order valence-electron chi connectivity index (χ2n) is 3.67. The maximum absolute atomic E-state index is 9.02. The van der Waals surface area contributed by atoms with E-state index >= 15 is 0 Å². The monoisotopic (exact) mass is 201 g/mol. The van der Waals surface area contributed by atoms with E-state index < -0.39 is 0 Å². The number of rotatable bonds is 1. The van der Waals surface area contributed by atoms with E-state index in [1.807, 2.05) is 11.4 Å². The highest BCUT2D eigenvalue weighted by Gasteiger charge is 2.06. The van der Waals surface area contributed by atoms with Crippen LogP contribution in [0.2, 0.25) is 0 Å². The molecule has 0 saturated carbocycles. The van der Waals surface area contributed by atoms with E-state index in [-0.39, 0.29) is 0 Å². The summed E-state index contributed by atoms with van der Waals surface area (Å²) in [6, 6.07) is 8.52. The van der Waals surface area contributed by atoms with Crippen molar-refractivity contribution in [3.63, 3.8) is 0 Å². The molecule has 0 radical (unpaired) electrons. The van der Waals surface area contributed by atoms with Crippen molar-refractivity contribution in [2.75, 3.05) is 0 Å². The molecule has 1 nitrogen and oxygen atoms in total. The van der Waals surface area contributed by atoms with Gasteiger partial charge in [0.2, 0.25) is 0 Å². The largest absolute Gasteiger partial charge is 0.192 e. The van der Waals surface area contributed by atoms with Crippen LogP contribution in [0.1, 0.15) is 30.9 Å². The molecule has 2 heteroatoms. The molecular formula is C12H11NS. The number of thiophene rings is 1. The second-order valence-corrected chi connectivity index (χ2v) is 4.59. The number of nitriles is 1. The molecule has 0 saturated heterocycles. The van der Waals surface area contributed by atoms with Gasteiger partial charge in [-0.15, -0.1) is 11.3 Å². The molecule has 1 heterocycles. The summed E-state index contributed by atoms with van der Waals surface area (Å²) in [6.45, 7) is 4.30. The third kappa shape index (κ3) is 1.40. The molecule has 0 unspecified atom stereocenters. The van der Waals surface area contributed by atoms with Gasteiger partial charge in [-0.2, -0.15) is 5.26 Å². The van der Waals surface area contributed by atoms with Gasteiger partial charge in [-0.05, 0) is 40.4 Å². The summed E-state index contributed by atoms with van der Waals surface area (Å²) in [4.78, 5) is 0. The Morgan fingerprint density at radius 2 is 2.14 bits per heavy atom. The molecule has 0 spiro atoms. The van der Waals surface area contributed by atoms with Gasteiger partial charge in [0, 0.05) is 0 Å². The maximum atomic E-state index is 9.02. The van der Waals surface area contributed by atoms with Gasteiger partial charge in [0.25, 0.3) is 0 Å². The van der Waals surface area contributed by atoms with Crippen molar-refractivity contribution >= 4 is 21.4 Å². The van der Waals surface area contributed by atoms with Crippen LogP contribution in [0.4, 0.5) is 0 Å². The molecule has 0 aliphatic rings. The fraction of sp³-hybridized carbons (Fsp3) is 0.250. The summed E-state index contributed by atoms with van der Waals surface area (Å²) in [5, 5.41) is 12.2. The number of nitrogens with zero attached hydrogens (tertiary/aromatic N) is 1. The Labute approximate surface area is 87.6 Å². The minimum absolute atomic E-state index is 0.478. The van der Waals surface area contributed by atoms with Gasteiger partial charge >= 0.3 is 0 Å². The quantitative estimate of drug-likeness (QED) is 0.686. The fourth-order valence-corrected chi connectivity index (χ4v) is 2.37. The van der Waals surface area contributed by atoms with E-state index in [9.17, 15) is 0 Å². The standard InChI is InChI=1S/C12H11NS/c1-8(2)10-5-9-3-4-14-12(9)11(6-10)7-13/h3-6,8H,1-2H3. The molecule has 14 heavy (non-hydrogen) atoms. The SMILES string of the molecule is CC(C)c1cc(C#N)c2sccc2c1. The van der Waals surface area contributed by atoms with Crippen LogP contribution < -0.4 is 0 Å². The van der Waals surface area contributed by atoms with Crippen molar-refractivity contribution in [2.45, 2.75) is 19.8 Å². The topological polar surface area (TPSA) is 23.8 Å². The fourth-order valence-electron chi connectivity index (χ4n) is 1.52. The highest BCUT2D eigenvalue weighted by atomic mass is 32.1. The first kappa shape index (κ1) is 9.23. The first-order valence-corrected chi connectivity index (χ1v) is 5.51. The van der Waals surface area contributed by atoms with Crippen LogP contribution >= 0.6 is 11.3 Å². The molecule has 0 fully saturated rings. The van der Waals surface area contributed by atoms with Crippen LogP contribution in [0.3, 0.4) is 0 Å². The Kier molecular flexibility index (Phi) is 2.26. The zero-order valence-electron chi connectivity index (χ0n) is 8.24.